The molecule has 108 valence electrons. The molecule has 1 atom stereocenters. The summed E-state index contributed by atoms with van der Waals surface area (Å²) in [6.07, 6.45) is 0. The number of halogens is 3. The van der Waals surface area contributed by atoms with Gasteiger partial charge in [-0.1, -0.05) is 41.4 Å². The Morgan fingerprint density at radius 2 is 1.86 bits per heavy atom. The van der Waals surface area contributed by atoms with Crippen molar-refractivity contribution >= 4 is 55.8 Å². The van der Waals surface area contributed by atoms with E-state index in [4.69, 9.17) is 27.6 Å². The van der Waals surface area contributed by atoms with Gasteiger partial charge in [0.15, 0.2) is 0 Å². The first-order valence-corrected chi connectivity index (χ1v) is 7.99. The molecule has 3 rings (SSSR count). The summed E-state index contributed by atoms with van der Waals surface area (Å²) in [5.41, 5.74) is 1.65. The lowest BCUT2D eigenvalue weighted by Crippen LogP contribution is -2.06. The van der Waals surface area contributed by atoms with Crippen molar-refractivity contribution in [3.05, 3.63) is 62.7 Å². The molecule has 1 aromatic heterocycles. The number of nitrogens with one attached hydrogen (secondary N) is 1. The minimum atomic E-state index is -0.0212. The normalized spacial score (nSPS) is 12.6. The van der Waals surface area contributed by atoms with Crippen LogP contribution >= 0.6 is 39.1 Å². The molecule has 21 heavy (non-hydrogen) atoms. The molecule has 2 aromatic carbocycles. The summed E-state index contributed by atoms with van der Waals surface area (Å²) in [6, 6.07) is 13.7. The van der Waals surface area contributed by atoms with Gasteiger partial charge in [0.2, 0.25) is 0 Å². The van der Waals surface area contributed by atoms with E-state index in [1.165, 1.54) is 0 Å². The van der Waals surface area contributed by atoms with Crippen LogP contribution in [0.5, 0.6) is 0 Å². The highest BCUT2D eigenvalue weighted by atomic mass is 79.9. The van der Waals surface area contributed by atoms with E-state index in [1.54, 1.807) is 0 Å². The molecule has 0 bridgehead atoms. The van der Waals surface area contributed by atoms with Crippen LogP contribution in [0.1, 0.15) is 18.7 Å². The van der Waals surface area contributed by atoms with Crippen molar-refractivity contribution < 1.29 is 4.42 Å². The number of fused-ring (bicyclic) bond motifs is 1. The van der Waals surface area contributed by atoms with E-state index < -0.39 is 0 Å². The van der Waals surface area contributed by atoms with E-state index in [0.29, 0.717) is 10.0 Å². The highest BCUT2D eigenvalue weighted by molar-refractivity contribution is 9.10. The third-order valence-corrected chi connectivity index (χ3v) is 5.05. The van der Waals surface area contributed by atoms with Crippen molar-refractivity contribution in [3.63, 3.8) is 0 Å². The number of hydrogen-bond donors (Lipinski definition) is 1. The fourth-order valence-electron chi connectivity index (χ4n) is 2.16. The maximum Gasteiger partial charge on any atom is 0.134 e. The fourth-order valence-corrected chi connectivity index (χ4v) is 2.99. The zero-order chi connectivity index (χ0) is 15.0. The van der Waals surface area contributed by atoms with Crippen LogP contribution in [-0.4, -0.2) is 0 Å². The quantitative estimate of drug-likeness (QED) is 0.509. The van der Waals surface area contributed by atoms with Crippen LogP contribution in [0.4, 0.5) is 5.69 Å². The number of furan rings is 1. The third-order valence-electron chi connectivity index (χ3n) is 3.28. The van der Waals surface area contributed by atoms with Gasteiger partial charge in [-0.15, -0.1) is 0 Å². The Bertz CT molecular complexity index is 767. The summed E-state index contributed by atoms with van der Waals surface area (Å²) in [5, 5.41) is 5.40. The molecule has 0 saturated carbocycles. The standard InChI is InChI=1S/C16H12BrCl2NO/c1-9(14-8-10-4-2-3-5-13(10)21-14)20-12-7-6-11(17)15(18)16(12)19/h2-9,20H,1H3. The molecule has 3 aromatic rings. The van der Waals surface area contributed by atoms with Gasteiger partial charge in [0.25, 0.3) is 0 Å². The van der Waals surface area contributed by atoms with Crippen molar-refractivity contribution in [2.75, 3.05) is 5.32 Å². The zero-order valence-corrected chi connectivity index (χ0v) is 14.3. The number of anilines is 1. The average molecular weight is 385 g/mol. The highest BCUT2D eigenvalue weighted by Crippen LogP contribution is 2.37. The lowest BCUT2D eigenvalue weighted by molar-refractivity contribution is 0.526. The molecule has 5 heteroatoms. The first-order chi connectivity index (χ1) is 10.1. The lowest BCUT2D eigenvalue weighted by Gasteiger charge is -2.15. The van der Waals surface area contributed by atoms with Crippen LogP contribution in [0.15, 0.2) is 51.4 Å². The van der Waals surface area contributed by atoms with Gasteiger partial charge >= 0.3 is 0 Å². The predicted octanol–water partition coefficient (Wildman–Crippen LogP) is 6.68. The van der Waals surface area contributed by atoms with Gasteiger partial charge in [0.1, 0.15) is 11.3 Å². The molecule has 0 amide bonds. The summed E-state index contributed by atoms with van der Waals surface area (Å²) in [7, 11) is 0. The molecule has 0 aliphatic rings. The van der Waals surface area contributed by atoms with E-state index in [-0.39, 0.29) is 6.04 Å². The van der Waals surface area contributed by atoms with Crippen LogP contribution in [0, 0.1) is 0 Å². The SMILES string of the molecule is CC(Nc1ccc(Br)c(Cl)c1Cl)c1cc2ccccc2o1. The van der Waals surface area contributed by atoms with Gasteiger partial charge in [-0.3, -0.25) is 0 Å². The number of hydrogen-bond acceptors (Lipinski definition) is 2. The molecule has 0 radical (unpaired) electrons. The van der Waals surface area contributed by atoms with Crippen molar-refractivity contribution in [1.29, 1.82) is 0 Å². The molecule has 1 N–H and O–H groups in total. The van der Waals surface area contributed by atoms with Crippen molar-refractivity contribution in [1.82, 2.24) is 0 Å². The Labute approximate surface area is 141 Å². The molecule has 0 spiro atoms. The van der Waals surface area contributed by atoms with E-state index in [9.17, 15) is 0 Å². The minimum absolute atomic E-state index is 0.0212. The van der Waals surface area contributed by atoms with Crippen LogP contribution in [-0.2, 0) is 0 Å². The van der Waals surface area contributed by atoms with Crippen LogP contribution in [0.2, 0.25) is 10.0 Å². The summed E-state index contributed by atoms with van der Waals surface area (Å²) in [4.78, 5) is 0. The molecule has 1 unspecified atom stereocenters. The van der Waals surface area contributed by atoms with Gasteiger partial charge < -0.3 is 9.73 Å². The van der Waals surface area contributed by atoms with Crippen molar-refractivity contribution in [2.24, 2.45) is 0 Å². The topological polar surface area (TPSA) is 25.2 Å². The number of para-hydroxylation sites is 1. The molecule has 0 fully saturated rings. The third kappa shape index (κ3) is 2.91. The fraction of sp³-hybridized carbons (Fsp3) is 0.125. The summed E-state index contributed by atoms with van der Waals surface area (Å²) >= 11 is 15.7. The molecule has 2 nitrogen and oxygen atoms in total. The Balaban J connectivity index is 1.89. The smallest absolute Gasteiger partial charge is 0.134 e. The second-order valence-corrected chi connectivity index (χ2v) is 6.39. The Morgan fingerprint density at radius 3 is 2.62 bits per heavy atom. The van der Waals surface area contributed by atoms with E-state index >= 15 is 0 Å². The Morgan fingerprint density at radius 1 is 1.10 bits per heavy atom. The molecular weight excluding hydrogens is 373 g/mol. The van der Waals surface area contributed by atoms with Crippen molar-refractivity contribution in [2.45, 2.75) is 13.0 Å². The number of rotatable bonds is 3. The van der Waals surface area contributed by atoms with Crippen LogP contribution in [0.3, 0.4) is 0 Å². The predicted molar refractivity (Wildman–Crippen MR) is 92.4 cm³/mol. The number of benzene rings is 2. The first kappa shape index (κ1) is 14.8. The molecular formula is C16H12BrCl2NO. The molecule has 0 aliphatic carbocycles. The van der Waals surface area contributed by atoms with Gasteiger partial charge in [-0.25, -0.2) is 0 Å². The van der Waals surface area contributed by atoms with Crippen LogP contribution in [0.25, 0.3) is 11.0 Å². The molecule has 0 saturated heterocycles. The molecule has 0 aliphatic heterocycles. The van der Waals surface area contributed by atoms with Gasteiger partial charge in [0.05, 0.1) is 21.8 Å². The Hall–Kier alpha value is -1.16. The maximum atomic E-state index is 6.25. The largest absolute Gasteiger partial charge is 0.459 e. The average Bonchev–Trinajstić information content (AvgIpc) is 2.92. The van der Waals surface area contributed by atoms with Gasteiger partial charge in [-0.05, 0) is 47.1 Å². The van der Waals surface area contributed by atoms with E-state index in [1.807, 2.05) is 49.4 Å². The van der Waals surface area contributed by atoms with Gasteiger partial charge in [0, 0.05) is 9.86 Å². The minimum Gasteiger partial charge on any atom is -0.459 e. The van der Waals surface area contributed by atoms with Crippen molar-refractivity contribution in [3.8, 4) is 0 Å². The van der Waals surface area contributed by atoms with E-state index in [0.717, 1.165) is 26.9 Å². The van der Waals surface area contributed by atoms with Gasteiger partial charge in [-0.2, -0.15) is 0 Å². The first-order valence-electron chi connectivity index (χ1n) is 6.45. The summed E-state index contributed by atoms with van der Waals surface area (Å²) < 4.78 is 6.62. The lowest BCUT2D eigenvalue weighted by atomic mass is 10.2. The second-order valence-electron chi connectivity index (χ2n) is 4.78. The summed E-state index contributed by atoms with van der Waals surface area (Å²) in [5.74, 6) is 0.853. The van der Waals surface area contributed by atoms with Crippen LogP contribution < -0.4 is 5.32 Å². The molecule has 1 heterocycles. The summed E-state index contributed by atoms with van der Waals surface area (Å²) in [6.45, 7) is 2.02. The monoisotopic (exact) mass is 383 g/mol. The van der Waals surface area contributed by atoms with E-state index in [2.05, 4.69) is 21.2 Å². The zero-order valence-electron chi connectivity index (χ0n) is 11.2. The highest BCUT2D eigenvalue weighted by Gasteiger charge is 2.14. The maximum absolute atomic E-state index is 6.25. The Kier molecular flexibility index (Phi) is 4.16. The second kappa shape index (κ2) is 5.91.